The summed E-state index contributed by atoms with van der Waals surface area (Å²) in [7, 11) is -3.75. The number of halogens is 2. The molecule has 0 unspecified atom stereocenters. The second-order valence-corrected chi connectivity index (χ2v) is 6.20. The van der Waals surface area contributed by atoms with Crippen LogP contribution in [0.3, 0.4) is 0 Å². The summed E-state index contributed by atoms with van der Waals surface area (Å²) >= 11 is 11.4. The third-order valence-corrected chi connectivity index (χ3v) is 4.01. The lowest BCUT2D eigenvalue weighted by atomic mass is 10.4. The molecular formula is C11H9Cl2N3O2S. The summed E-state index contributed by atoms with van der Waals surface area (Å²) in [6.45, 7) is 1.61. The van der Waals surface area contributed by atoms with Gasteiger partial charge in [-0.05, 0) is 25.1 Å². The Bertz CT molecular complexity index is 720. The van der Waals surface area contributed by atoms with Crippen LogP contribution in [0.5, 0.6) is 0 Å². The predicted molar refractivity (Wildman–Crippen MR) is 74.0 cm³/mol. The van der Waals surface area contributed by atoms with Crippen molar-refractivity contribution < 1.29 is 8.42 Å². The first-order chi connectivity index (χ1) is 8.88. The van der Waals surface area contributed by atoms with Crippen molar-refractivity contribution in [1.29, 1.82) is 0 Å². The Kier molecular flexibility index (Phi) is 3.93. The quantitative estimate of drug-likeness (QED) is 0.944. The number of anilines is 1. The molecule has 5 nitrogen and oxygen atoms in total. The highest BCUT2D eigenvalue weighted by Crippen LogP contribution is 2.20. The number of hydrogen-bond acceptors (Lipinski definition) is 4. The van der Waals surface area contributed by atoms with Crippen molar-refractivity contribution in [1.82, 2.24) is 9.97 Å². The van der Waals surface area contributed by atoms with E-state index in [1.807, 2.05) is 0 Å². The van der Waals surface area contributed by atoms with Crippen LogP contribution < -0.4 is 4.72 Å². The lowest BCUT2D eigenvalue weighted by Gasteiger charge is -2.09. The van der Waals surface area contributed by atoms with Crippen molar-refractivity contribution in [2.45, 2.75) is 11.8 Å². The minimum absolute atomic E-state index is 0.0520. The fourth-order valence-electron chi connectivity index (χ4n) is 1.37. The summed E-state index contributed by atoms with van der Waals surface area (Å²) in [5, 5.41) is 0.532. The molecule has 1 aromatic heterocycles. The maximum atomic E-state index is 12.1. The van der Waals surface area contributed by atoms with Gasteiger partial charge in [-0.2, -0.15) is 0 Å². The number of sulfonamides is 1. The molecule has 1 N–H and O–H groups in total. The molecule has 0 saturated carbocycles. The molecule has 0 bridgehead atoms. The Morgan fingerprint density at radius 3 is 2.63 bits per heavy atom. The van der Waals surface area contributed by atoms with E-state index in [1.54, 1.807) is 19.1 Å². The van der Waals surface area contributed by atoms with Crippen molar-refractivity contribution in [3.05, 3.63) is 46.3 Å². The molecule has 100 valence electrons. The first kappa shape index (κ1) is 14.0. The van der Waals surface area contributed by atoms with Crippen LogP contribution in [0.25, 0.3) is 0 Å². The Labute approximate surface area is 120 Å². The minimum atomic E-state index is -3.75. The van der Waals surface area contributed by atoms with Crippen LogP contribution in [-0.4, -0.2) is 18.4 Å². The van der Waals surface area contributed by atoms with E-state index in [4.69, 9.17) is 23.2 Å². The lowest BCUT2D eigenvalue weighted by molar-refractivity contribution is 0.601. The maximum Gasteiger partial charge on any atom is 0.263 e. The van der Waals surface area contributed by atoms with Crippen LogP contribution in [0.4, 0.5) is 5.82 Å². The summed E-state index contributed by atoms with van der Waals surface area (Å²) < 4.78 is 26.6. The van der Waals surface area contributed by atoms with Gasteiger partial charge < -0.3 is 0 Å². The van der Waals surface area contributed by atoms with Crippen molar-refractivity contribution in [2.75, 3.05) is 4.72 Å². The first-order valence-electron chi connectivity index (χ1n) is 5.16. The Morgan fingerprint density at radius 1 is 1.26 bits per heavy atom. The first-order valence-corrected chi connectivity index (χ1v) is 7.40. The molecule has 19 heavy (non-hydrogen) atoms. The fourth-order valence-corrected chi connectivity index (χ4v) is 2.92. The zero-order valence-electron chi connectivity index (χ0n) is 9.76. The zero-order chi connectivity index (χ0) is 14.0. The molecule has 0 fully saturated rings. The highest BCUT2D eigenvalue weighted by Gasteiger charge is 2.16. The highest BCUT2D eigenvalue weighted by molar-refractivity contribution is 7.92. The monoisotopic (exact) mass is 317 g/mol. The number of hydrogen-bond donors (Lipinski definition) is 1. The molecule has 0 atom stereocenters. The van der Waals surface area contributed by atoms with E-state index >= 15 is 0 Å². The molecule has 2 aromatic rings. The Balaban J connectivity index is 2.36. The molecular weight excluding hydrogens is 309 g/mol. The number of aromatic nitrogens is 2. The number of nitrogens with zero attached hydrogens (tertiary/aromatic N) is 2. The Morgan fingerprint density at radius 2 is 2.00 bits per heavy atom. The number of aryl methyl sites for hydroxylation is 1. The normalized spacial score (nSPS) is 11.3. The standard InChI is InChI=1S/C11H9Cl2N3O2S/c1-7-11(14-6-10(13)15-7)16-19(17,18)9-4-2-3-8(12)5-9/h2-6H,1H3,(H,14,16). The van der Waals surface area contributed by atoms with E-state index in [0.717, 1.165) is 0 Å². The summed E-state index contributed by atoms with van der Waals surface area (Å²) in [4.78, 5) is 7.86. The van der Waals surface area contributed by atoms with Crippen LogP contribution >= 0.6 is 23.2 Å². The van der Waals surface area contributed by atoms with Gasteiger partial charge in [0, 0.05) is 5.02 Å². The SMILES string of the molecule is Cc1nc(Cl)cnc1NS(=O)(=O)c1cccc(Cl)c1. The minimum Gasteiger partial charge on any atom is -0.262 e. The van der Waals surface area contributed by atoms with Crippen LogP contribution in [-0.2, 0) is 10.0 Å². The number of benzene rings is 1. The van der Waals surface area contributed by atoms with Crippen molar-refractivity contribution >= 4 is 39.0 Å². The maximum absolute atomic E-state index is 12.1. The van der Waals surface area contributed by atoms with Gasteiger partial charge in [-0.1, -0.05) is 29.3 Å². The van der Waals surface area contributed by atoms with Crippen LogP contribution in [0.15, 0.2) is 35.4 Å². The van der Waals surface area contributed by atoms with Crippen LogP contribution in [0.2, 0.25) is 10.2 Å². The van der Waals surface area contributed by atoms with E-state index in [9.17, 15) is 8.42 Å². The third-order valence-electron chi connectivity index (χ3n) is 2.25. The Hall–Kier alpha value is -1.37. The fraction of sp³-hybridized carbons (Fsp3) is 0.0909. The van der Waals surface area contributed by atoms with Gasteiger partial charge in [0.25, 0.3) is 10.0 Å². The second kappa shape index (κ2) is 5.32. The molecule has 0 aliphatic heterocycles. The summed E-state index contributed by atoms with van der Waals surface area (Å²) in [6.07, 6.45) is 1.27. The molecule has 1 aromatic carbocycles. The zero-order valence-corrected chi connectivity index (χ0v) is 12.1. The van der Waals surface area contributed by atoms with Gasteiger partial charge in [-0.25, -0.2) is 18.4 Å². The molecule has 0 saturated heterocycles. The molecule has 8 heteroatoms. The second-order valence-electron chi connectivity index (χ2n) is 3.69. The number of nitrogens with one attached hydrogen (secondary N) is 1. The molecule has 0 aliphatic carbocycles. The predicted octanol–water partition coefficient (Wildman–Crippen LogP) is 2.89. The lowest BCUT2D eigenvalue weighted by Crippen LogP contribution is -2.15. The van der Waals surface area contributed by atoms with E-state index in [0.29, 0.717) is 10.7 Å². The van der Waals surface area contributed by atoms with Gasteiger partial charge in [0.15, 0.2) is 5.82 Å². The summed E-state index contributed by atoms with van der Waals surface area (Å²) in [5.74, 6) is 0.129. The molecule has 1 heterocycles. The molecule has 2 rings (SSSR count). The van der Waals surface area contributed by atoms with Crippen molar-refractivity contribution in [3.8, 4) is 0 Å². The molecule has 0 radical (unpaired) electrons. The number of rotatable bonds is 3. The van der Waals surface area contributed by atoms with E-state index in [-0.39, 0.29) is 15.9 Å². The average molecular weight is 318 g/mol. The van der Waals surface area contributed by atoms with Crippen LogP contribution in [0.1, 0.15) is 5.69 Å². The van der Waals surface area contributed by atoms with Gasteiger partial charge in [0.05, 0.1) is 16.8 Å². The van der Waals surface area contributed by atoms with E-state index in [2.05, 4.69) is 14.7 Å². The average Bonchev–Trinajstić information content (AvgIpc) is 2.33. The van der Waals surface area contributed by atoms with Crippen molar-refractivity contribution in [2.24, 2.45) is 0 Å². The van der Waals surface area contributed by atoms with E-state index in [1.165, 1.54) is 18.3 Å². The smallest absolute Gasteiger partial charge is 0.262 e. The van der Waals surface area contributed by atoms with Crippen molar-refractivity contribution in [3.63, 3.8) is 0 Å². The van der Waals surface area contributed by atoms with Gasteiger partial charge in [-0.3, -0.25) is 4.72 Å². The topological polar surface area (TPSA) is 72.0 Å². The molecule has 0 aliphatic rings. The summed E-state index contributed by atoms with van der Waals surface area (Å²) in [5.41, 5.74) is 0.387. The van der Waals surface area contributed by atoms with E-state index < -0.39 is 10.0 Å². The van der Waals surface area contributed by atoms with Gasteiger partial charge in [-0.15, -0.1) is 0 Å². The van der Waals surface area contributed by atoms with Gasteiger partial charge in [0.2, 0.25) is 0 Å². The largest absolute Gasteiger partial charge is 0.263 e. The highest BCUT2D eigenvalue weighted by atomic mass is 35.5. The third kappa shape index (κ3) is 3.34. The van der Waals surface area contributed by atoms with Crippen LogP contribution in [0, 0.1) is 6.92 Å². The molecule has 0 amide bonds. The molecule has 0 spiro atoms. The van der Waals surface area contributed by atoms with Gasteiger partial charge >= 0.3 is 0 Å². The summed E-state index contributed by atoms with van der Waals surface area (Å²) in [6, 6.07) is 5.93. The van der Waals surface area contributed by atoms with Gasteiger partial charge in [0.1, 0.15) is 5.15 Å².